The van der Waals surface area contributed by atoms with Crippen LogP contribution in [0, 0.1) is 0 Å². The predicted octanol–water partition coefficient (Wildman–Crippen LogP) is 2.47. The van der Waals surface area contributed by atoms with Crippen molar-refractivity contribution in [3.8, 4) is 17.2 Å². The number of hydrogen-bond donors (Lipinski definition) is 2. The number of phenolic OH excluding ortho intramolecular Hbond substituents is 2. The Labute approximate surface area is 122 Å². The van der Waals surface area contributed by atoms with Gasteiger partial charge in [0.25, 0.3) is 0 Å². The number of methoxy groups -OCH3 is 1. The number of carbonyl (C=O) groups is 2. The van der Waals surface area contributed by atoms with Gasteiger partial charge in [0.2, 0.25) is 5.75 Å². The van der Waals surface area contributed by atoms with Crippen LogP contribution in [0.2, 0.25) is 0 Å². The Morgan fingerprint density at radius 2 is 2.10 bits per heavy atom. The molecule has 114 valence electrons. The second-order valence-corrected chi connectivity index (χ2v) is 4.96. The van der Waals surface area contributed by atoms with Gasteiger partial charge in [0.1, 0.15) is 17.5 Å². The molecule has 0 aromatic heterocycles. The van der Waals surface area contributed by atoms with Crippen molar-refractivity contribution in [2.45, 2.75) is 38.7 Å². The fraction of sp³-hybridized carbons (Fsp3) is 0.467. The number of aromatic hydroxyl groups is 2. The third-order valence-electron chi connectivity index (χ3n) is 3.48. The van der Waals surface area contributed by atoms with Crippen LogP contribution >= 0.6 is 0 Å². The summed E-state index contributed by atoms with van der Waals surface area (Å²) in [6.45, 7) is 1.92. The van der Waals surface area contributed by atoms with Crippen molar-refractivity contribution < 1.29 is 29.3 Å². The van der Waals surface area contributed by atoms with Crippen LogP contribution in [-0.4, -0.2) is 29.1 Å². The molecule has 0 saturated heterocycles. The minimum Gasteiger partial charge on any atom is -0.504 e. The van der Waals surface area contributed by atoms with Crippen LogP contribution in [0.3, 0.4) is 0 Å². The highest BCUT2D eigenvalue weighted by Gasteiger charge is 2.36. The smallest absolute Gasteiger partial charge is 0.343 e. The number of Topliss-reactive ketones (excluding diaryl/α,β-unsaturated/α-hetero) is 1. The highest BCUT2D eigenvalue weighted by atomic mass is 16.6. The molecule has 2 N–H and O–H groups in total. The van der Waals surface area contributed by atoms with E-state index < -0.39 is 17.8 Å². The lowest BCUT2D eigenvalue weighted by molar-refractivity contribution is -0.119. The van der Waals surface area contributed by atoms with E-state index in [4.69, 9.17) is 9.47 Å². The molecule has 0 amide bonds. The number of benzene rings is 1. The zero-order valence-electron chi connectivity index (χ0n) is 12.0. The summed E-state index contributed by atoms with van der Waals surface area (Å²) < 4.78 is 10.0. The molecule has 1 aliphatic rings. The second kappa shape index (κ2) is 6.03. The van der Waals surface area contributed by atoms with Crippen LogP contribution in [0.15, 0.2) is 6.07 Å². The molecule has 0 unspecified atom stereocenters. The van der Waals surface area contributed by atoms with Crippen LogP contribution < -0.4 is 4.74 Å². The van der Waals surface area contributed by atoms with E-state index in [1.54, 1.807) is 0 Å². The molecule has 1 aromatic carbocycles. The quantitative estimate of drug-likeness (QED) is 0.783. The average molecular weight is 294 g/mol. The van der Waals surface area contributed by atoms with Gasteiger partial charge >= 0.3 is 5.97 Å². The topological polar surface area (TPSA) is 93.1 Å². The first-order valence-corrected chi connectivity index (χ1v) is 6.85. The van der Waals surface area contributed by atoms with Gasteiger partial charge in [-0.15, -0.1) is 0 Å². The lowest BCUT2D eigenvalue weighted by Crippen LogP contribution is -2.03. The molecule has 0 saturated carbocycles. The molecule has 1 aromatic rings. The van der Waals surface area contributed by atoms with Gasteiger partial charge in [0.15, 0.2) is 11.5 Å². The number of esters is 1. The van der Waals surface area contributed by atoms with Crippen molar-refractivity contribution in [1.82, 2.24) is 0 Å². The summed E-state index contributed by atoms with van der Waals surface area (Å²) in [6, 6.07) is 1.34. The number of rotatable bonds is 6. The largest absolute Gasteiger partial charge is 0.504 e. The van der Waals surface area contributed by atoms with Crippen molar-refractivity contribution in [3.05, 3.63) is 17.2 Å². The van der Waals surface area contributed by atoms with E-state index in [0.717, 1.165) is 6.42 Å². The summed E-state index contributed by atoms with van der Waals surface area (Å²) in [5, 5.41) is 19.8. The molecule has 1 atom stereocenters. The molecule has 6 heteroatoms. The molecule has 0 radical (unpaired) electrons. The number of fused-ring (bicyclic) bond motifs is 1. The van der Waals surface area contributed by atoms with Crippen LogP contribution in [0.1, 0.15) is 54.6 Å². The first-order chi connectivity index (χ1) is 9.99. The van der Waals surface area contributed by atoms with Crippen molar-refractivity contribution in [3.63, 3.8) is 0 Å². The fourth-order valence-corrected chi connectivity index (χ4v) is 2.49. The lowest BCUT2D eigenvalue weighted by Gasteiger charge is -2.12. The Morgan fingerprint density at radius 1 is 1.38 bits per heavy atom. The molecule has 6 nitrogen and oxygen atoms in total. The molecule has 0 bridgehead atoms. The molecule has 1 aliphatic heterocycles. The van der Waals surface area contributed by atoms with Crippen LogP contribution in [0.4, 0.5) is 0 Å². The highest BCUT2D eigenvalue weighted by molar-refractivity contribution is 5.98. The Kier molecular flexibility index (Phi) is 4.35. The molecule has 0 spiro atoms. The first-order valence-electron chi connectivity index (χ1n) is 6.85. The number of ketones is 1. The lowest BCUT2D eigenvalue weighted by atomic mass is 9.98. The van der Waals surface area contributed by atoms with Crippen LogP contribution in [0.25, 0.3) is 0 Å². The van der Waals surface area contributed by atoms with Gasteiger partial charge in [-0.1, -0.05) is 6.92 Å². The number of carbonyl (C=O) groups excluding carboxylic acids is 2. The summed E-state index contributed by atoms with van der Waals surface area (Å²) in [7, 11) is 1.28. The maximum Gasteiger partial charge on any atom is 0.343 e. The molecule has 0 aliphatic carbocycles. The predicted molar refractivity (Wildman–Crippen MR) is 73.6 cm³/mol. The van der Waals surface area contributed by atoms with Gasteiger partial charge in [-0.05, 0) is 18.9 Å². The highest BCUT2D eigenvalue weighted by Crippen LogP contribution is 2.47. The maximum absolute atomic E-state index is 11.8. The van der Waals surface area contributed by atoms with E-state index in [1.807, 2.05) is 6.92 Å². The number of phenols is 2. The minimum absolute atomic E-state index is 0.00223. The van der Waals surface area contributed by atoms with E-state index >= 15 is 0 Å². The molecular weight excluding hydrogens is 276 g/mol. The van der Waals surface area contributed by atoms with Crippen molar-refractivity contribution in [2.75, 3.05) is 7.11 Å². The third-order valence-corrected chi connectivity index (χ3v) is 3.48. The maximum atomic E-state index is 11.8. The molecule has 21 heavy (non-hydrogen) atoms. The zero-order valence-corrected chi connectivity index (χ0v) is 12.0. The number of cyclic esters (lactones) is 1. The standard InChI is InChI=1S/C15H18O6/c1-3-4-8(16)5-6-11-9-7-10(17)14(20-2)13(18)12(9)15(19)21-11/h7,11,17-18H,3-6H2,1-2H3/t11-/m1/s1. The van der Waals surface area contributed by atoms with Crippen molar-refractivity contribution in [2.24, 2.45) is 0 Å². The van der Waals surface area contributed by atoms with E-state index in [2.05, 4.69) is 0 Å². The monoisotopic (exact) mass is 294 g/mol. The second-order valence-electron chi connectivity index (χ2n) is 4.96. The Morgan fingerprint density at radius 3 is 2.71 bits per heavy atom. The molecule has 2 rings (SSSR count). The summed E-state index contributed by atoms with van der Waals surface area (Å²) in [6.07, 6.45) is 1.27. The van der Waals surface area contributed by atoms with E-state index in [9.17, 15) is 19.8 Å². The summed E-state index contributed by atoms with van der Waals surface area (Å²) in [4.78, 5) is 23.4. The zero-order chi connectivity index (χ0) is 15.6. The SMILES string of the molecule is CCCC(=O)CC[C@H]1OC(=O)c2c1cc(O)c(OC)c2O. The average Bonchev–Trinajstić information content (AvgIpc) is 2.73. The van der Waals surface area contributed by atoms with Gasteiger partial charge in [-0.2, -0.15) is 0 Å². The van der Waals surface area contributed by atoms with Gasteiger partial charge in [-0.25, -0.2) is 4.79 Å². The van der Waals surface area contributed by atoms with E-state index in [0.29, 0.717) is 24.8 Å². The van der Waals surface area contributed by atoms with E-state index in [1.165, 1.54) is 13.2 Å². The molecule has 0 fully saturated rings. The first kappa shape index (κ1) is 15.2. The Bertz CT molecular complexity index is 578. The van der Waals surface area contributed by atoms with Gasteiger partial charge < -0.3 is 19.7 Å². The minimum atomic E-state index is -0.672. The van der Waals surface area contributed by atoms with Crippen LogP contribution in [-0.2, 0) is 9.53 Å². The normalized spacial score (nSPS) is 16.5. The molecule has 1 heterocycles. The van der Waals surface area contributed by atoms with Gasteiger partial charge in [0, 0.05) is 18.4 Å². The van der Waals surface area contributed by atoms with Gasteiger partial charge in [0.05, 0.1) is 7.11 Å². The number of ether oxygens (including phenoxy) is 2. The molecular formula is C15H18O6. The summed E-state index contributed by atoms with van der Waals surface area (Å²) in [5.41, 5.74) is 0.387. The van der Waals surface area contributed by atoms with E-state index in [-0.39, 0.29) is 22.8 Å². The van der Waals surface area contributed by atoms with Crippen LogP contribution in [0.5, 0.6) is 17.2 Å². The fourth-order valence-electron chi connectivity index (χ4n) is 2.49. The summed E-state index contributed by atoms with van der Waals surface area (Å²) in [5.74, 6) is -1.43. The van der Waals surface area contributed by atoms with Crippen molar-refractivity contribution in [1.29, 1.82) is 0 Å². The summed E-state index contributed by atoms with van der Waals surface area (Å²) >= 11 is 0. The number of hydrogen-bond acceptors (Lipinski definition) is 6. The Hall–Kier alpha value is -2.24. The van der Waals surface area contributed by atoms with Gasteiger partial charge in [-0.3, -0.25) is 4.79 Å². The Balaban J connectivity index is 2.25. The van der Waals surface area contributed by atoms with Crippen molar-refractivity contribution >= 4 is 11.8 Å². The third kappa shape index (κ3) is 2.79.